The molecule has 2 unspecified atom stereocenters. The second kappa shape index (κ2) is 7.13. The molecule has 0 radical (unpaired) electrons. The fraction of sp³-hybridized carbons (Fsp3) is 0.235. The van der Waals surface area contributed by atoms with Crippen molar-refractivity contribution in [2.24, 2.45) is 0 Å². The van der Waals surface area contributed by atoms with Crippen LogP contribution in [0.2, 0.25) is 0 Å². The van der Waals surface area contributed by atoms with Gasteiger partial charge in [-0.2, -0.15) is 0 Å². The smallest absolute Gasteiger partial charge is 0.251 e. The molecule has 116 valence electrons. The van der Waals surface area contributed by atoms with E-state index in [2.05, 4.69) is 5.32 Å². The molecule has 3 nitrogen and oxygen atoms in total. The number of carbonyl (C=O) groups is 1. The largest absolute Gasteiger partial charge is 0.391 e. The van der Waals surface area contributed by atoms with Crippen LogP contribution in [-0.2, 0) is 6.42 Å². The van der Waals surface area contributed by atoms with Gasteiger partial charge in [0.2, 0.25) is 0 Å². The summed E-state index contributed by atoms with van der Waals surface area (Å²) in [6.07, 6.45) is -0.426. The van der Waals surface area contributed by atoms with Gasteiger partial charge in [0.25, 0.3) is 5.91 Å². The fourth-order valence-corrected chi connectivity index (χ4v) is 2.10. The first-order chi connectivity index (χ1) is 10.5. The van der Waals surface area contributed by atoms with Crippen molar-refractivity contribution < 1.29 is 18.7 Å². The number of halogens is 2. The molecule has 2 N–H and O–H groups in total. The monoisotopic (exact) mass is 305 g/mol. The van der Waals surface area contributed by atoms with Gasteiger partial charge in [-0.3, -0.25) is 4.79 Å². The second-order valence-electron chi connectivity index (χ2n) is 5.18. The van der Waals surface area contributed by atoms with Crippen molar-refractivity contribution in [2.45, 2.75) is 25.5 Å². The van der Waals surface area contributed by atoms with E-state index in [0.29, 0.717) is 12.5 Å². The Hall–Kier alpha value is -2.27. The predicted molar refractivity (Wildman–Crippen MR) is 79.4 cm³/mol. The van der Waals surface area contributed by atoms with Crippen LogP contribution in [0.5, 0.6) is 0 Å². The molecule has 0 aliphatic carbocycles. The highest BCUT2D eigenvalue weighted by molar-refractivity contribution is 5.94. The van der Waals surface area contributed by atoms with Crippen LogP contribution in [0, 0.1) is 11.6 Å². The Bertz CT molecular complexity index is 626. The Kier molecular flexibility index (Phi) is 5.22. The average Bonchev–Trinajstić information content (AvgIpc) is 2.47. The van der Waals surface area contributed by atoms with E-state index in [1.165, 1.54) is 0 Å². The van der Waals surface area contributed by atoms with Crippen LogP contribution >= 0.6 is 0 Å². The van der Waals surface area contributed by atoms with E-state index in [1.807, 2.05) is 30.3 Å². The van der Waals surface area contributed by atoms with Crippen molar-refractivity contribution in [3.05, 3.63) is 71.3 Å². The van der Waals surface area contributed by atoms with Gasteiger partial charge in [-0.1, -0.05) is 30.3 Å². The van der Waals surface area contributed by atoms with E-state index in [4.69, 9.17) is 0 Å². The lowest BCUT2D eigenvalue weighted by Crippen LogP contribution is -2.42. The number of amides is 1. The summed E-state index contributed by atoms with van der Waals surface area (Å²) in [4.78, 5) is 12.0. The lowest BCUT2D eigenvalue weighted by atomic mass is 10.0. The molecule has 5 heteroatoms. The molecule has 0 heterocycles. The third-order valence-electron chi connectivity index (χ3n) is 3.35. The van der Waals surface area contributed by atoms with Crippen LogP contribution in [0.4, 0.5) is 8.78 Å². The van der Waals surface area contributed by atoms with Crippen LogP contribution in [0.25, 0.3) is 0 Å². The van der Waals surface area contributed by atoms with E-state index in [0.717, 1.165) is 17.7 Å². The first-order valence-electron chi connectivity index (χ1n) is 6.94. The lowest BCUT2D eigenvalue weighted by Gasteiger charge is -2.20. The summed E-state index contributed by atoms with van der Waals surface area (Å²) >= 11 is 0. The van der Waals surface area contributed by atoms with Crippen LogP contribution in [-0.4, -0.2) is 23.2 Å². The molecule has 2 atom stereocenters. The molecule has 22 heavy (non-hydrogen) atoms. The van der Waals surface area contributed by atoms with Gasteiger partial charge in [-0.25, -0.2) is 8.78 Å². The maximum Gasteiger partial charge on any atom is 0.251 e. The molecule has 2 aromatic carbocycles. The van der Waals surface area contributed by atoms with Gasteiger partial charge in [0.15, 0.2) is 0 Å². The maximum atomic E-state index is 13.1. The number of hydrogen-bond acceptors (Lipinski definition) is 2. The molecular formula is C17H17F2NO2. The summed E-state index contributed by atoms with van der Waals surface area (Å²) < 4.78 is 26.2. The summed E-state index contributed by atoms with van der Waals surface area (Å²) in [5, 5.41) is 12.7. The first kappa shape index (κ1) is 16.1. The normalized spacial score (nSPS) is 13.5. The lowest BCUT2D eigenvalue weighted by molar-refractivity contribution is 0.0851. The van der Waals surface area contributed by atoms with Crippen molar-refractivity contribution >= 4 is 5.91 Å². The molecule has 0 aromatic heterocycles. The zero-order valence-corrected chi connectivity index (χ0v) is 12.1. The molecule has 0 fully saturated rings. The highest BCUT2D eigenvalue weighted by atomic mass is 19.1. The van der Waals surface area contributed by atoms with Crippen molar-refractivity contribution in [1.29, 1.82) is 0 Å². The number of nitrogens with one attached hydrogen (secondary N) is 1. The van der Waals surface area contributed by atoms with Gasteiger partial charge in [0.05, 0.1) is 12.1 Å². The minimum absolute atomic E-state index is 0.115. The molecule has 2 aromatic rings. The summed E-state index contributed by atoms with van der Waals surface area (Å²) in [7, 11) is 0. The number of hydrogen-bond donors (Lipinski definition) is 2. The topological polar surface area (TPSA) is 49.3 Å². The van der Waals surface area contributed by atoms with Crippen molar-refractivity contribution in [1.82, 2.24) is 5.32 Å². The number of aliphatic hydroxyl groups is 1. The Balaban J connectivity index is 1.98. The van der Waals surface area contributed by atoms with Gasteiger partial charge < -0.3 is 10.4 Å². The number of carbonyl (C=O) groups excluding carboxylic acids is 1. The molecule has 0 spiro atoms. The first-order valence-corrected chi connectivity index (χ1v) is 6.94. The second-order valence-corrected chi connectivity index (χ2v) is 5.18. The molecule has 0 saturated heterocycles. The van der Waals surface area contributed by atoms with Crippen LogP contribution in [0.1, 0.15) is 22.8 Å². The Morgan fingerprint density at radius 3 is 2.32 bits per heavy atom. The van der Waals surface area contributed by atoms with Gasteiger partial charge in [-0.15, -0.1) is 0 Å². The molecule has 1 amide bonds. The zero-order valence-electron chi connectivity index (χ0n) is 12.1. The maximum absolute atomic E-state index is 13.1. The van der Waals surface area contributed by atoms with Crippen molar-refractivity contribution in [3.8, 4) is 0 Å². The molecule has 0 bridgehead atoms. The molecular weight excluding hydrogens is 288 g/mol. The van der Waals surface area contributed by atoms with Crippen LogP contribution in [0.15, 0.2) is 48.5 Å². The van der Waals surface area contributed by atoms with E-state index < -0.39 is 29.7 Å². The van der Waals surface area contributed by atoms with Gasteiger partial charge >= 0.3 is 0 Å². The van der Waals surface area contributed by atoms with Crippen molar-refractivity contribution in [3.63, 3.8) is 0 Å². The predicted octanol–water partition coefficient (Wildman–Crippen LogP) is 2.69. The minimum atomic E-state index is -0.817. The SMILES string of the molecule is CC(NC(=O)c1cc(F)cc(F)c1)C(O)Cc1ccccc1. The third kappa shape index (κ3) is 4.36. The highest BCUT2D eigenvalue weighted by Gasteiger charge is 2.18. The Labute approximate surface area is 127 Å². The van der Waals surface area contributed by atoms with E-state index in [-0.39, 0.29) is 5.56 Å². The average molecular weight is 305 g/mol. The van der Waals surface area contributed by atoms with Crippen molar-refractivity contribution in [2.75, 3.05) is 0 Å². The van der Waals surface area contributed by atoms with Crippen LogP contribution < -0.4 is 5.32 Å². The number of rotatable bonds is 5. The summed E-state index contributed by atoms with van der Waals surface area (Å²) in [6.45, 7) is 1.64. The quantitative estimate of drug-likeness (QED) is 0.892. The third-order valence-corrected chi connectivity index (χ3v) is 3.35. The standard InChI is InChI=1S/C17H17F2NO2/c1-11(16(21)7-12-5-3-2-4-6-12)20-17(22)13-8-14(18)10-15(19)9-13/h2-6,8-11,16,21H,7H2,1H3,(H,20,22). The molecule has 2 rings (SSSR count). The Morgan fingerprint density at radius 2 is 1.73 bits per heavy atom. The number of aliphatic hydroxyl groups excluding tert-OH is 1. The van der Waals surface area contributed by atoms with Gasteiger partial charge in [-0.05, 0) is 24.6 Å². The zero-order chi connectivity index (χ0) is 16.1. The Morgan fingerprint density at radius 1 is 1.14 bits per heavy atom. The minimum Gasteiger partial charge on any atom is -0.391 e. The fourth-order valence-electron chi connectivity index (χ4n) is 2.10. The highest BCUT2D eigenvalue weighted by Crippen LogP contribution is 2.10. The summed E-state index contributed by atoms with van der Waals surface area (Å²) in [5.41, 5.74) is 0.823. The van der Waals surface area contributed by atoms with Crippen LogP contribution in [0.3, 0.4) is 0 Å². The van der Waals surface area contributed by atoms with E-state index in [1.54, 1.807) is 6.92 Å². The van der Waals surface area contributed by atoms with Gasteiger partial charge in [0.1, 0.15) is 11.6 Å². The summed E-state index contributed by atoms with van der Waals surface area (Å²) in [6, 6.07) is 11.4. The molecule has 0 saturated carbocycles. The van der Waals surface area contributed by atoms with E-state index in [9.17, 15) is 18.7 Å². The summed E-state index contributed by atoms with van der Waals surface area (Å²) in [5.74, 6) is -2.26. The molecule has 0 aliphatic heterocycles. The van der Waals surface area contributed by atoms with E-state index >= 15 is 0 Å². The number of benzene rings is 2. The molecule has 0 aliphatic rings. The van der Waals surface area contributed by atoms with Gasteiger partial charge in [0, 0.05) is 18.1 Å².